The zero-order valence-corrected chi connectivity index (χ0v) is 13.2. The van der Waals surface area contributed by atoms with Gasteiger partial charge in [0.15, 0.2) is 0 Å². The molecule has 1 fully saturated rings. The molecule has 0 spiro atoms. The summed E-state index contributed by atoms with van der Waals surface area (Å²) in [6.07, 6.45) is 6.01. The van der Waals surface area contributed by atoms with Crippen molar-refractivity contribution in [1.82, 2.24) is 14.9 Å². The largest absolute Gasteiger partial charge is 0.384 e. The molecule has 0 radical (unpaired) electrons. The van der Waals surface area contributed by atoms with Crippen molar-refractivity contribution in [2.24, 2.45) is 11.3 Å². The molecule has 2 rings (SSSR count). The molecule has 0 N–H and O–H groups in total. The van der Waals surface area contributed by atoms with Crippen LogP contribution in [0.4, 0.5) is 0 Å². The van der Waals surface area contributed by atoms with Gasteiger partial charge in [-0.2, -0.15) is 0 Å². The van der Waals surface area contributed by atoms with E-state index in [0.29, 0.717) is 12.0 Å². The lowest BCUT2D eigenvalue weighted by Gasteiger charge is -2.27. The molecule has 2 heterocycles. The molecule has 0 saturated carbocycles. The lowest BCUT2D eigenvalue weighted by molar-refractivity contribution is 0.200. The van der Waals surface area contributed by atoms with Gasteiger partial charge in [-0.3, -0.25) is 4.90 Å². The van der Waals surface area contributed by atoms with Crippen LogP contribution >= 0.6 is 0 Å². The summed E-state index contributed by atoms with van der Waals surface area (Å²) in [5.74, 6) is 1.66. The highest BCUT2D eigenvalue weighted by Crippen LogP contribution is 2.33. The molecule has 112 valence electrons. The quantitative estimate of drug-likeness (QED) is 0.829. The molecule has 1 aliphatic rings. The van der Waals surface area contributed by atoms with Gasteiger partial charge in [-0.25, -0.2) is 9.97 Å². The minimum Gasteiger partial charge on any atom is -0.384 e. The van der Waals surface area contributed by atoms with E-state index < -0.39 is 0 Å². The summed E-state index contributed by atoms with van der Waals surface area (Å²) in [4.78, 5) is 11.3. The van der Waals surface area contributed by atoms with Crippen LogP contribution in [0.25, 0.3) is 0 Å². The Kier molecular flexibility index (Phi) is 5.11. The number of nitrogens with zero attached hydrogens (tertiary/aromatic N) is 3. The van der Waals surface area contributed by atoms with E-state index in [4.69, 9.17) is 4.74 Å². The standard InChI is InChI=1S/C16H27N3O/c1-16(2,3)14-5-7-19(12-14)11-13-9-17-15(18-10-13)6-8-20-4/h9-10,14H,5-8,11-12H2,1-4H3. The second-order valence-corrected chi connectivity index (χ2v) is 6.84. The fraction of sp³-hybridized carbons (Fsp3) is 0.750. The van der Waals surface area contributed by atoms with E-state index in [1.165, 1.54) is 25.1 Å². The van der Waals surface area contributed by atoms with Crippen molar-refractivity contribution in [3.8, 4) is 0 Å². The number of likely N-dealkylation sites (tertiary alicyclic amines) is 1. The van der Waals surface area contributed by atoms with Crippen molar-refractivity contribution in [1.29, 1.82) is 0 Å². The van der Waals surface area contributed by atoms with E-state index in [2.05, 4.69) is 35.6 Å². The minimum atomic E-state index is 0.412. The Bertz CT molecular complexity index is 411. The van der Waals surface area contributed by atoms with Crippen LogP contribution in [0.1, 0.15) is 38.6 Å². The van der Waals surface area contributed by atoms with Crippen molar-refractivity contribution < 1.29 is 4.74 Å². The Morgan fingerprint density at radius 1 is 1.30 bits per heavy atom. The maximum Gasteiger partial charge on any atom is 0.130 e. The molecule has 1 aromatic rings. The molecule has 0 bridgehead atoms. The van der Waals surface area contributed by atoms with Gasteiger partial charge in [-0.1, -0.05) is 20.8 Å². The predicted octanol–water partition coefficient (Wildman–Crippen LogP) is 2.53. The van der Waals surface area contributed by atoms with Crippen molar-refractivity contribution in [2.75, 3.05) is 26.8 Å². The first kappa shape index (κ1) is 15.4. The van der Waals surface area contributed by atoms with E-state index in [9.17, 15) is 0 Å². The molecule has 0 aromatic carbocycles. The first-order valence-corrected chi connectivity index (χ1v) is 7.50. The fourth-order valence-corrected chi connectivity index (χ4v) is 2.73. The summed E-state index contributed by atoms with van der Waals surface area (Å²) >= 11 is 0. The van der Waals surface area contributed by atoms with E-state index >= 15 is 0 Å². The van der Waals surface area contributed by atoms with Gasteiger partial charge in [-0.05, 0) is 24.3 Å². The van der Waals surface area contributed by atoms with E-state index in [1.807, 2.05) is 12.4 Å². The average molecular weight is 277 g/mol. The summed E-state index contributed by atoms with van der Waals surface area (Å²) in [5.41, 5.74) is 1.62. The summed E-state index contributed by atoms with van der Waals surface area (Å²) in [6.45, 7) is 11.1. The maximum atomic E-state index is 5.04. The predicted molar refractivity (Wildman–Crippen MR) is 80.5 cm³/mol. The summed E-state index contributed by atoms with van der Waals surface area (Å²) in [6, 6.07) is 0. The maximum absolute atomic E-state index is 5.04. The molecular weight excluding hydrogens is 250 g/mol. The van der Waals surface area contributed by atoms with Crippen molar-refractivity contribution in [2.45, 2.75) is 40.2 Å². The van der Waals surface area contributed by atoms with E-state index in [0.717, 1.165) is 24.7 Å². The number of aromatic nitrogens is 2. The molecule has 1 saturated heterocycles. The van der Waals surface area contributed by atoms with Gasteiger partial charge < -0.3 is 4.74 Å². The normalized spacial score (nSPS) is 20.5. The molecule has 4 nitrogen and oxygen atoms in total. The number of methoxy groups -OCH3 is 1. The third kappa shape index (κ3) is 4.25. The fourth-order valence-electron chi connectivity index (χ4n) is 2.73. The zero-order valence-electron chi connectivity index (χ0n) is 13.2. The number of rotatable bonds is 5. The third-order valence-corrected chi connectivity index (χ3v) is 4.19. The van der Waals surface area contributed by atoms with Crippen LogP contribution in [0.5, 0.6) is 0 Å². The number of hydrogen-bond acceptors (Lipinski definition) is 4. The van der Waals surface area contributed by atoms with Crippen molar-refractivity contribution in [3.05, 3.63) is 23.8 Å². The van der Waals surface area contributed by atoms with Gasteiger partial charge in [0, 0.05) is 44.6 Å². The van der Waals surface area contributed by atoms with Crippen LogP contribution in [0.15, 0.2) is 12.4 Å². The molecular formula is C16H27N3O. The van der Waals surface area contributed by atoms with Crippen LogP contribution < -0.4 is 0 Å². The van der Waals surface area contributed by atoms with Crippen LogP contribution in [-0.4, -0.2) is 41.7 Å². The van der Waals surface area contributed by atoms with Crippen LogP contribution in [-0.2, 0) is 17.7 Å². The first-order valence-electron chi connectivity index (χ1n) is 7.50. The van der Waals surface area contributed by atoms with Gasteiger partial charge in [0.1, 0.15) is 5.82 Å². The van der Waals surface area contributed by atoms with E-state index in [1.54, 1.807) is 7.11 Å². The summed E-state index contributed by atoms with van der Waals surface area (Å²) in [7, 11) is 1.70. The van der Waals surface area contributed by atoms with Crippen molar-refractivity contribution in [3.63, 3.8) is 0 Å². The van der Waals surface area contributed by atoms with Crippen molar-refractivity contribution >= 4 is 0 Å². The van der Waals surface area contributed by atoms with Crippen LogP contribution in [0.3, 0.4) is 0 Å². The van der Waals surface area contributed by atoms with Crippen LogP contribution in [0, 0.1) is 11.3 Å². The Morgan fingerprint density at radius 3 is 2.55 bits per heavy atom. The van der Waals surface area contributed by atoms with E-state index in [-0.39, 0.29) is 0 Å². The summed E-state index contributed by atoms with van der Waals surface area (Å²) < 4.78 is 5.04. The molecule has 1 aliphatic heterocycles. The van der Waals surface area contributed by atoms with Gasteiger partial charge in [-0.15, -0.1) is 0 Å². The minimum absolute atomic E-state index is 0.412. The first-order chi connectivity index (χ1) is 9.49. The van der Waals surface area contributed by atoms with Gasteiger partial charge in [0.05, 0.1) is 6.61 Å². The van der Waals surface area contributed by atoms with Gasteiger partial charge >= 0.3 is 0 Å². The van der Waals surface area contributed by atoms with Crippen LogP contribution in [0.2, 0.25) is 0 Å². The lowest BCUT2D eigenvalue weighted by atomic mass is 9.80. The molecule has 4 heteroatoms. The number of hydrogen-bond donors (Lipinski definition) is 0. The van der Waals surface area contributed by atoms with Gasteiger partial charge in [0.2, 0.25) is 0 Å². The smallest absolute Gasteiger partial charge is 0.130 e. The SMILES string of the molecule is COCCc1ncc(CN2CCC(C(C)(C)C)C2)cn1. The molecule has 1 unspecified atom stereocenters. The third-order valence-electron chi connectivity index (χ3n) is 4.19. The Labute approximate surface area is 122 Å². The second kappa shape index (κ2) is 6.64. The molecule has 1 aromatic heterocycles. The molecule has 0 amide bonds. The highest BCUT2D eigenvalue weighted by atomic mass is 16.5. The Hall–Kier alpha value is -1.00. The highest BCUT2D eigenvalue weighted by Gasteiger charge is 2.31. The number of ether oxygens (including phenoxy) is 1. The second-order valence-electron chi connectivity index (χ2n) is 6.84. The molecule has 1 atom stereocenters. The molecule has 20 heavy (non-hydrogen) atoms. The highest BCUT2D eigenvalue weighted by molar-refractivity contribution is 5.06. The molecule has 0 aliphatic carbocycles. The average Bonchev–Trinajstić information content (AvgIpc) is 2.86. The Balaban J connectivity index is 1.85. The monoisotopic (exact) mass is 277 g/mol. The zero-order chi connectivity index (χ0) is 14.6. The lowest BCUT2D eigenvalue weighted by Crippen LogP contribution is -2.25. The topological polar surface area (TPSA) is 38.2 Å². The summed E-state index contributed by atoms with van der Waals surface area (Å²) in [5, 5.41) is 0. The van der Waals surface area contributed by atoms with Gasteiger partial charge in [0.25, 0.3) is 0 Å². The Morgan fingerprint density at radius 2 is 2.00 bits per heavy atom.